The summed E-state index contributed by atoms with van der Waals surface area (Å²) in [5, 5.41) is 10.9. The van der Waals surface area contributed by atoms with E-state index in [0.29, 0.717) is 10.8 Å². The van der Waals surface area contributed by atoms with E-state index in [1.165, 1.54) is 0 Å². The second-order valence-corrected chi connectivity index (χ2v) is 9.65. The van der Waals surface area contributed by atoms with E-state index in [1.807, 2.05) is 48.6 Å². The molecule has 0 saturated carbocycles. The van der Waals surface area contributed by atoms with E-state index in [9.17, 15) is 4.79 Å². The predicted octanol–water partition coefficient (Wildman–Crippen LogP) is 7.23. The molecule has 0 aliphatic heterocycles. The van der Waals surface area contributed by atoms with Gasteiger partial charge in [-0.2, -0.15) is 0 Å². The van der Waals surface area contributed by atoms with Crippen molar-refractivity contribution < 1.29 is 9.90 Å². The Hall–Kier alpha value is -3.41. The lowest BCUT2D eigenvalue weighted by Gasteiger charge is -2.20. The molecule has 1 unspecified atom stereocenters. The number of carbonyl (C=O) groups is 1. The molecule has 2 aromatic heterocycles. The fraction of sp³-hybridized carbons (Fsp3) is 0.107. The van der Waals surface area contributed by atoms with Crippen molar-refractivity contribution in [3.63, 3.8) is 0 Å². The predicted molar refractivity (Wildman–Crippen MR) is 142 cm³/mol. The third-order valence-electron chi connectivity index (χ3n) is 5.69. The van der Waals surface area contributed by atoms with Crippen molar-refractivity contribution in [2.75, 3.05) is 5.75 Å². The first-order valence-corrected chi connectivity index (χ1v) is 12.3. The minimum Gasteiger partial charge on any atom is -0.481 e. The Labute approximate surface area is 207 Å². The number of hydrogen-bond donors (Lipinski definition) is 1. The largest absolute Gasteiger partial charge is 0.481 e. The van der Waals surface area contributed by atoms with Crippen molar-refractivity contribution in [2.45, 2.75) is 11.7 Å². The Balaban J connectivity index is 1.48. The molecule has 4 aromatic rings. The smallest absolute Gasteiger partial charge is 0.304 e. The van der Waals surface area contributed by atoms with Crippen LogP contribution in [0.3, 0.4) is 0 Å². The summed E-state index contributed by atoms with van der Waals surface area (Å²) in [7, 11) is 0. The lowest BCUT2D eigenvalue weighted by atomic mass is 9.98. The lowest BCUT2D eigenvalue weighted by molar-refractivity contribution is -0.136. The highest BCUT2D eigenvalue weighted by Gasteiger charge is 2.23. The SMILES string of the molecule is O=C(O)CCSC1c2cc(/C=C/c3ccc4ccc(Cl)cc4n3)ccc2C=Cc2ncccc21. The summed E-state index contributed by atoms with van der Waals surface area (Å²) in [6, 6.07) is 20.1. The average Bonchev–Trinajstić information content (AvgIpc) is 2.99. The van der Waals surface area contributed by atoms with E-state index in [2.05, 4.69) is 41.4 Å². The number of fused-ring (bicyclic) bond motifs is 3. The van der Waals surface area contributed by atoms with Crippen molar-refractivity contribution in [2.24, 2.45) is 0 Å². The van der Waals surface area contributed by atoms with Crippen LogP contribution in [0.4, 0.5) is 0 Å². The number of carboxylic acids is 1. The maximum atomic E-state index is 11.1. The second-order valence-electron chi connectivity index (χ2n) is 8.00. The highest BCUT2D eigenvalue weighted by molar-refractivity contribution is 7.99. The number of carboxylic acid groups (broad SMARTS) is 1. The van der Waals surface area contributed by atoms with Gasteiger partial charge in [0.05, 0.1) is 28.6 Å². The van der Waals surface area contributed by atoms with Crippen molar-refractivity contribution in [1.82, 2.24) is 9.97 Å². The second kappa shape index (κ2) is 9.84. The van der Waals surface area contributed by atoms with Crippen LogP contribution < -0.4 is 0 Å². The Morgan fingerprint density at radius 1 is 1.03 bits per heavy atom. The van der Waals surface area contributed by atoms with Crippen molar-refractivity contribution in [3.05, 3.63) is 106 Å². The number of aromatic nitrogens is 2. The minimum absolute atomic E-state index is 0.00216. The van der Waals surface area contributed by atoms with Gasteiger partial charge in [-0.15, -0.1) is 11.8 Å². The Kier molecular flexibility index (Phi) is 6.48. The number of halogens is 1. The molecule has 34 heavy (non-hydrogen) atoms. The van der Waals surface area contributed by atoms with Crippen LogP contribution in [0, 0.1) is 0 Å². The van der Waals surface area contributed by atoms with Crippen molar-refractivity contribution >= 4 is 64.5 Å². The van der Waals surface area contributed by atoms with Gasteiger partial charge in [0.1, 0.15) is 0 Å². The molecule has 2 heterocycles. The first-order valence-electron chi connectivity index (χ1n) is 10.9. The van der Waals surface area contributed by atoms with Crippen molar-refractivity contribution in [3.8, 4) is 0 Å². The number of aliphatic carboxylic acids is 1. The molecule has 4 nitrogen and oxygen atoms in total. The molecule has 5 rings (SSSR count). The third-order valence-corrected chi connectivity index (χ3v) is 7.21. The van der Waals surface area contributed by atoms with Crippen LogP contribution in [-0.4, -0.2) is 26.8 Å². The molecule has 6 heteroatoms. The highest BCUT2D eigenvalue weighted by Crippen LogP contribution is 2.42. The molecule has 1 aliphatic rings. The molecule has 1 aliphatic carbocycles. The maximum absolute atomic E-state index is 11.1. The summed E-state index contributed by atoms with van der Waals surface area (Å²) in [5.41, 5.74) is 7.05. The van der Waals surface area contributed by atoms with Gasteiger partial charge in [0, 0.05) is 22.4 Å². The van der Waals surface area contributed by atoms with Gasteiger partial charge in [-0.25, -0.2) is 4.98 Å². The first-order chi connectivity index (χ1) is 16.6. The summed E-state index contributed by atoms with van der Waals surface area (Å²) < 4.78 is 0. The molecule has 0 fully saturated rings. The standard InChI is InChI=1S/C28H21ClN2O2S/c29-21-9-6-20-7-11-22(31-26(20)17-21)10-4-18-3-5-19-8-12-25-23(2-1-14-30-25)28(24(19)16-18)34-15-13-27(32)33/h1-12,14,16-17,28H,13,15H2,(H,32,33)/b10-4+. The quantitative estimate of drug-likeness (QED) is 0.312. The molecule has 0 bridgehead atoms. The molecule has 168 valence electrons. The minimum atomic E-state index is -0.785. The summed E-state index contributed by atoms with van der Waals surface area (Å²) in [5.74, 6) is -0.260. The third kappa shape index (κ3) is 4.91. The highest BCUT2D eigenvalue weighted by atomic mass is 35.5. The number of thioether (sulfide) groups is 1. The van der Waals surface area contributed by atoms with Gasteiger partial charge >= 0.3 is 5.97 Å². The summed E-state index contributed by atoms with van der Waals surface area (Å²) in [4.78, 5) is 20.4. The van der Waals surface area contributed by atoms with E-state index in [0.717, 1.165) is 44.5 Å². The van der Waals surface area contributed by atoms with E-state index in [4.69, 9.17) is 21.7 Å². The van der Waals surface area contributed by atoms with Crippen molar-refractivity contribution in [1.29, 1.82) is 0 Å². The molecular weight excluding hydrogens is 464 g/mol. The molecule has 0 amide bonds. The van der Waals surface area contributed by atoms with Gasteiger partial charge in [-0.05, 0) is 64.7 Å². The van der Waals surface area contributed by atoms with Gasteiger partial charge in [0.15, 0.2) is 0 Å². The van der Waals surface area contributed by atoms with E-state index < -0.39 is 5.97 Å². The van der Waals surface area contributed by atoms with E-state index in [-0.39, 0.29) is 11.7 Å². The van der Waals surface area contributed by atoms with Gasteiger partial charge < -0.3 is 5.11 Å². The van der Waals surface area contributed by atoms with Gasteiger partial charge in [-0.3, -0.25) is 9.78 Å². The fourth-order valence-electron chi connectivity index (χ4n) is 4.03. The number of hydrogen-bond acceptors (Lipinski definition) is 4. The van der Waals surface area contributed by atoms with Crippen LogP contribution >= 0.6 is 23.4 Å². The summed E-state index contributed by atoms with van der Waals surface area (Å²) in [6.45, 7) is 0. The summed E-state index contributed by atoms with van der Waals surface area (Å²) >= 11 is 7.77. The Morgan fingerprint density at radius 3 is 2.79 bits per heavy atom. The zero-order valence-corrected chi connectivity index (χ0v) is 19.8. The normalized spacial score (nSPS) is 14.7. The molecule has 0 saturated heterocycles. The lowest BCUT2D eigenvalue weighted by Crippen LogP contribution is -2.04. The van der Waals surface area contributed by atoms with Crippen LogP contribution in [0.15, 0.2) is 66.9 Å². The zero-order valence-electron chi connectivity index (χ0n) is 18.2. The van der Waals surface area contributed by atoms with Gasteiger partial charge in [0.2, 0.25) is 0 Å². The topological polar surface area (TPSA) is 63.1 Å². The van der Waals surface area contributed by atoms with Gasteiger partial charge in [0.25, 0.3) is 0 Å². The summed E-state index contributed by atoms with van der Waals surface area (Å²) in [6.07, 6.45) is 10.1. The monoisotopic (exact) mass is 484 g/mol. The first kappa shape index (κ1) is 22.4. The van der Waals surface area contributed by atoms with Gasteiger partial charge in [-0.1, -0.05) is 54.1 Å². The Morgan fingerprint density at radius 2 is 1.91 bits per heavy atom. The number of benzene rings is 2. The Bertz CT molecular complexity index is 1450. The average molecular weight is 485 g/mol. The van der Waals surface area contributed by atoms with Crippen LogP contribution in [0.25, 0.3) is 35.2 Å². The molecule has 0 radical (unpaired) electrons. The number of rotatable bonds is 6. The van der Waals surface area contributed by atoms with E-state index in [1.54, 1.807) is 18.0 Å². The number of pyridine rings is 2. The maximum Gasteiger partial charge on any atom is 0.304 e. The molecule has 0 spiro atoms. The molecule has 1 N–H and O–H groups in total. The number of nitrogens with zero attached hydrogens (tertiary/aromatic N) is 2. The van der Waals surface area contributed by atoms with Crippen LogP contribution in [0.1, 0.15) is 45.3 Å². The van der Waals surface area contributed by atoms with Crippen LogP contribution in [-0.2, 0) is 4.79 Å². The fourth-order valence-corrected chi connectivity index (χ4v) is 5.48. The molecule has 2 aromatic carbocycles. The van der Waals surface area contributed by atoms with E-state index >= 15 is 0 Å². The van der Waals surface area contributed by atoms with Crippen LogP contribution in [0.2, 0.25) is 5.02 Å². The van der Waals surface area contributed by atoms with Crippen LogP contribution in [0.5, 0.6) is 0 Å². The molecule has 1 atom stereocenters. The molecular formula is C28H21ClN2O2S. The zero-order chi connectivity index (χ0) is 23.5.